The number of hydrogen-bond acceptors (Lipinski definition) is 12. The quantitative estimate of drug-likeness (QED) is 0.133. The lowest BCUT2D eigenvalue weighted by Crippen LogP contribution is -2.46. The fourth-order valence-electron chi connectivity index (χ4n) is 8.22. The second-order valence-corrected chi connectivity index (χ2v) is 17.4. The minimum absolute atomic E-state index is 0. The smallest absolute Gasteiger partial charge is 0.270 e. The van der Waals surface area contributed by atoms with E-state index in [0.29, 0.717) is 58.6 Å². The summed E-state index contributed by atoms with van der Waals surface area (Å²) in [7, 11) is 1.59. The lowest BCUT2D eigenvalue weighted by atomic mass is 10.1. The number of piperazine rings is 2. The first kappa shape index (κ1) is 45.3. The molecule has 2 saturated carbocycles. The molecule has 65 heavy (non-hydrogen) atoms. The topological polar surface area (TPSA) is 188 Å². The molecule has 0 spiro atoms. The summed E-state index contributed by atoms with van der Waals surface area (Å²) in [5, 5.41) is 5.82. The predicted molar refractivity (Wildman–Crippen MR) is 250 cm³/mol. The van der Waals surface area contributed by atoms with Gasteiger partial charge in [0, 0.05) is 102 Å². The van der Waals surface area contributed by atoms with Crippen molar-refractivity contribution < 1.29 is 14.0 Å². The highest BCUT2D eigenvalue weighted by atomic mass is 35.5. The molecule has 2 amide bonds. The molecular formula is C47H54ClFN12O4. The summed E-state index contributed by atoms with van der Waals surface area (Å²) in [6, 6.07) is 13.0. The number of aromatic amines is 2. The molecule has 8 heterocycles. The fraction of sp³-hybridized carbons (Fsp3) is 0.404. The van der Waals surface area contributed by atoms with Crippen LogP contribution in [0.15, 0.2) is 70.6 Å². The third-order valence-electron chi connectivity index (χ3n) is 12.3. The van der Waals surface area contributed by atoms with E-state index in [1.807, 2.05) is 41.6 Å². The minimum atomic E-state index is -0.606. The number of carbonyl (C=O) groups is 2. The van der Waals surface area contributed by atoms with Crippen molar-refractivity contribution in [1.82, 2.24) is 50.3 Å². The van der Waals surface area contributed by atoms with Crippen LogP contribution in [-0.2, 0) is 13.1 Å². The molecule has 0 radical (unpaired) electrons. The lowest BCUT2D eigenvalue weighted by Gasteiger charge is -2.36. The van der Waals surface area contributed by atoms with Crippen molar-refractivity contribution in [3.63, 3.8) is 0 Å². The number of rotatable bonds is 10. The summed E-state index contributed by atoms with van der Waals surface area (Å²) in [5.41, 5.74) is 8.07. The lowest BCUT2D eigenvalue weighted by molar-refractivity contribution is 0.0941. The number of halogens is 2. The minimum Gasteiger partial charge on any atom is -0.368 e. The number of nitrogens with zero attached hydrogens (tertiary/aromatic N) is 8. The van der Waals surface area contributed by atoms with Gasteiger partial charge >= 0.3 is 0 Å². The van der Waals surface area contributed by atoms with Gasteiger partial charge in [0.25, 0.3) is 22.9 Å². The van der Waals surface area contributed by atoms with Crippen LogP contribution in [0.25, 0.3) is 22.1 Å². The number of pyridine rings is 6. The molecule has 0 atom stereocenters. The number of carbonyl (C=O) groups excluding carboxylic acids is 2. The summed E-state index contributed by atoms with van der Waals surface area (Å²) in [4.78, 5) is 80.0. The number of anilines is 2. The zero-order chi connectivity index (χ0) is 44.5. The maximum Gasteiger partial charge on any atom is 0.270 e. The van der Waals surface area contributed by atoms with Crippen molar-refractivity contribution in [1.29, 1.82) is 0 Å². The van der Waals surface area contributed by atoms with Gasteiger partial charge in [-0.05, 0) is 92.1 Å². The molecule has 2 saturated heterocycles. The number of fused-ring (bicyclic) bond motifs is 2. The fourth-order valence-corrected chi connectivity index (χ4v) is 8.46. The molecule has 0 bridgehead atoms. The summed E-state index contributed by atoms with van der Waals surface area (Å²) >= 11 is 6.26. The van der Waals surface area contributed by atoms with Gasteiger partial charge in [-0.15, -0.1) is 0 Å². The SMILES string of the molecule is C.CNC(=O)c1ccc(N2CCN(Cc3cnc4c(Cl)c(C)c(=O)[nH]c4c3)CC2)cn1.O=C(NC1CC1)c1ccc(N2CCN(Cc3cnc4cc(C5CC5)c(=O)[nH]c4c3)CC2)c(F)n1. The van der Waals surface area contributed by atoms with E-state index in [0.717, 1.165) is 105 Å². The molecule has 4 N–H and O–H groups in total. The zero-order valence-corrected chi connectivity index (χ0v) is 36.6. The van der Waals surface area contributed by atoms with Crippen LogP contribution in [0.2, 0.25) is 5.02 Å². The van der Waals surface area contributed by atoms with Gasteiger partial charge < -0.3 is 30.4 Å². The Morgan fingerprint density at radius 3 is 2.00 bits per heavy atom. The van der Waals surface area contributed by atoms with Gasteiger partial charge in [-0.2, -0.15) is 4.39 Å². The van der Waals surface area contributed by atoms with Gasteiger partial charge in [0.05, 0.1) is 39.1 Å². The average Bonchev–Trinajstić information content (AvgIpc) is 4.26. The van der Waals surface area contributed by atoms with Crippen LogP contribution < -0.4 is 31.6 Å². The normalized spacial score (nSPS) is 16.7. The van der Waals surface area contributed by atoms with E-state index in [1.165, 1.54) is 0 Å². The first-order valence-electron chi connectivity index (χ1n) is 21.8. The Balaban J connectivity index is 0.000000176. The molecular weight excluding hydrogens is 851 g/mol. The van der Waals surface area contributed by atoms with Gasteiger partial charge in [0.1, 0.15) is 16.9 Å². The number of aromatic nitrogens is 6. The molecule has 4 aliphatic rings. The van der Waals surface area contributed by atoms with Gasteiger partial charge in [-0.25, -0.2) is 9.97 Å². The molecule has 0 aromatic carbocycles. The number of H-pyrrole nitrogens is 2. The Morgan fingerprint density at radius 1 is 0.754 bits per heavy atom. The third kappa shape index (κ3) is 10.5. The molecule has 6 aromatic heterocycles. The molecule has 10 rings (SSSR count). The second-order valence-electron chi connectivity index (χ2n) is 17.0. The van der Waals surface area contributed by atoms with Gasteiger partial charge in [-0.3, -0.25) is 38.9 Å². The van der Waals surface area contributed by atoms with Crippen LogP contribution in [0.1, 0.15) is 82.3 Å². The van der Waals surface area contributed by atoms with Crippen LogP contribution in [0.5, 0.6) is 0 Å². The van der Waals surface area contributed by atoms with Crippen LogP contribution >= 0.6 is 11.6 Å². The number of amides is 2. The number of hydrogen-bond donors (Lipinski definition) is 4. The van der Waals surface area contributed by atoms with Crippen molar-refractivity contribution in [2.45, 2.75) is 65.1 Å². The van der Waals surface area contributed by atoms with Gasteiger partial charge in [0.2, 0.25) is 5.95 Å². The summed E-state index contributed by atoms with van der Waals surface area (Å²) in [5.74, 6) is -0.716. The zero-order valence-electron chi connectivity index (χ0n) is 35.8. The van der Waals surface area contributed by atoms with Crippen molar-refractivity contribution in [2.75, 3.05) is 69.2 Å². The molecule has 18 heteroatoms. The Bertz CT molecular complexity index is 2830. The van der Waals surface area contributed by atoms with E-state index < -0.39 is 5.95 Å². The van der Waals surface area contributed by atoms with E-state index in [4.69, 9.17) is 11.6 Å². The standard InChI is InChI=1S/C25H27FN6O2.C21H23ClN6O2.CH4/c26-23-22(6-5-19(29-23)25(34)28-17-3-4-17)32-9-7-31(8-10-32)14-15-11-21-20(27-13-15)12-18(16-1-2-16)24(33)30-21;1-13-18(22)19-17(26-20(13)29)9-14(10-25-19)12-27-5-7-28(8-6-27)15-3-4-16(24-11-15)21(30)23-2;/h5-6,11-13,16-17H,1-4,7-10,14H2,(H,28,34)(H,30,33);3-4,9-11H,5-8,12H2,1-2H3,(H,23,30)(H,26,29);1H4. The maximum atomic E-state index is 14.7. The third-order valence-corrected chi connectivity index (χ3v) is 12.8. The van der Waals surface area contributed by atoms with E-state index in [9.17, 15) is 23.6 Å². The van der Waals surface area contributed by atoms with Crippen LogP contribution in [0.3, 0.4) is 0 Å². The predicted octanol–water partition coefficient (Wildman–Crippen LogP) is 5.15. The first-order valence-corrected chi connectivity index (χ1v) is 22.2. The number of nitrogens with one attached hydrogen (secondary N) is 4. The molecule has 16 nitrogen and oxygen atoms in total. The summed E-state index contributed by atoms with van der Waals surface area (Å²) in [6.07, 6.45) is 9.56. The van der Waals surface area contributed by atoms with Crippen molar-refractivity contribution in [3.8, 4) is 0 Å². The van der Waals surface area contributed by atoms with Crippen molar-refractivity contribution in [2.24, 2.45) is 0 Å². The van der Waals surface area contributed by atoms with Crippen molar-refractivity contribution >= 4 is 56.9 Å². The Labute approximate surface area is 380 Å². The average molecular weight is 905 g/mol. The largest absolute Gasteiger partial charge is 0.368 e. The van der Waals surface area contributed by atoms with Crippen molar-refractivity contribution in [3.05, 3.63) is 126 Å². The molecule has 2 aliphatic carbocycles. The van der Waals surface area contributed by atoms with E-state index in [-0.39, 0.29) is 42.1 Å². The van der Waals surface area contributed by atoms with Gasteiger partial charge in [-0.1, -0.05) is 19.0 Å². The second kappa shape index (κ2) is 19.4. The monoisotopic (exact) mass is 904 g/mol. The van der Waals surface area contributed by atoms with E-state index in [1.54, 1.807) is 38.4 Å². The summed E-state index contributed by atoms with van der Waals surface area (Å²) < 4.78 is 14.7. The Kier molecular flexibility index (Phi) is 13.5. The molecule has 340 valence electrons. The Morgan fingerprint density at radius 2 is 1.38 bits per heavy atom. The highest BCUT2D eigenvalue weighted by Gasteiger charge is 2.28. The molecule has 6 aromatic rings. The highest BCUT2D eigenvalue weighted by molar-refractivity contribution is 6.35. The van der Waals surface area contributed by atoms with E-state index in [2.05, 4.69) is 55.2 Å². The molecule has 2 aliphatic heterocycles. The van der Waals surface area contributed by atoms with Gasteiger partial charge in [0.15, 0.2) is 0 Å². The van der Waals surface area contributed by atoms with Crippen LogP contribution in [-0.4, -0.2) is 117 Å². The Hall–Kier alpha value is -6.30. The summed E-state index contributed by atoms with van der Waals surface area (Å²) in [6.45, 7) is 9.51. The molecule has 0 unspecified atom stereocenters. The first-order chi connectivity index (χ1) is 31.0. The highest BCUT2D eigenvalue weighted by Crippen LogP contribution is 2.38. The maximum absolute atomic E-state index is 14.7. The van der Waals surface area contributed by atoms with E-state index >= 15 is 0 Å². The van der Waals surface area contributed by atoms with Crippen LogP contribution in [0.4, 0.5) is 15.8 Å². The molecule has 4 fully saturated rings. The van der Waals surface area contributed by atoms with Crippen LogP contribution in [0, 0.1) is 12.9 Å².